The Kier molecular flexibility index (Phi) is 6.05. The summed E-state index contributed by atoms with van der Waals surface area (Å²) in [5.74, 6) is 0.190. The molecule has 0 aliphatic carbocycles. The van der Waals surface area contributed by atoms with Gasteiger partial charge in [-0.25, -0.2) is 0 Å². The predicted molar refractivity (Wildman–Crippen MR) is 101 cm³/mol. The maximum Gasteiger partial charge on any atom is 0.233 e. The van der Waals surface area contributed by atoms with Crippen LogP contribution in [0.25, 0.3) is 0 Å². The first-order valence-corrected chi connectivity index (χ1v) is 9.54. The van der Waals surface area contributed by atoms with E-state index in [0.717, 1.165) is 32.6 Å². The second kappa shape index (κ2) is 8.45. The van der Waals surface area contributed by atoms with Crippen LogP contribution in [-0.2, 0) is 17.8 Å². The minimum absolute atomic E-state index is 0.190. The molecule has 1 aliphatic heterocycles. The summed E-state index contributed by atoms with van der Waals surface area (Å²) in [7, 11) is 0. The molecule has 0 N–H and O–H groups in total. The van der Waals surface area contributed by atoms with Gasteiger partial charge in [-0.15, -0.1) is 0 Å². The van der Waals surface area contributed by atoms with Crippen molar-refractivity contribution in [2.45, 2.75) is 19.0 Å². The number of halogens is 1. The van der Waals surface area contributed by atoms with Crippen LogP contribution >= 0.6 is 15.9 Å². The third-order valence-electron chi connectivity index (χ3n) is 4.56. The SMILES string of the molecule is O=C(CBr)N1CCN(Cc2ccccc2)C[C@@H]1Cc1ccccc1. The van der Waals surface area contributed by atoms with Crippen LogP contribution in [0.1, 0.15) is 11.1 Å². The molecule has 4 heteroatoms. The van der Waals surface area contributed by atoms with Gasteiger partial charge in [-0.2, -0.15) is 0 Å². The average molecular weight is 387 g/mol. The molecular formula is C20H23BrN2O. The highest BCUT2D eigenvalue weighted by molar-refractivity contribution is 9.09. The molecule has 1 heterocycles. The van der Waals surface area contributed by atoms with Crippen molar-refractivity contribution >= 4 is 21.8 Å². The molecule has 3 nitrogen and oxygen atoms in total. The van der Waals surface area contributed by atoms with Crippen LogP contribution in [0, 0.1) is 0 Å². The van der Waals surface area contributed by atoms with E-state index in [1.165, 1.54) is 11.1 Å². The Morgan fingerprint density at radius 1 is 0.958 bits per heavy atom. The summed E-state index contributed by atoms with van der Waals surface area (Å²) in [5.41, 5.74) is 2.62. The van der Waals surface area contributed by atoms with Crippen LogP contribution < -0.4 is 0 Å². The van der Waals surface area contributed by atoms with E-state index < -0.39 is 0 Å². The molecule has 0 unspecified atom stereocenters. The average Bonchev–Trinajstić information content (AvgIpc) is 2.63. The van der Waals surface area contributed by atoms with Gasteiger partial charge >= 0.3 is 0 Å². The molecule has 0 aromatic heterocycles. The number of piperazine rings is 1. The number of hydrogen-bond acceptors (Lipinski definition) is 2. The van der Waals surface area contributed by atoms with Gasteiger partial charge in [0.05, 0.1) is 5.33 Å². The van der Waals surface area contributed by atoms with Gasteiger partial charge in [0.15, 0.2) is 0 Å². The van der Waals surface area contributed by atoms with Crippen LogP contribution in [0.3, 0.4) is 0 Å². The molecule has 1 fully saturated rings. The van der Waals surface area contributed by atoms with E-state index in [1.807, 2.05) is 17.0 Å². The van der Waals surface area contributed by atoms with Crippen LogP contribution in [0.2, 0.25) is 0 Å². The monoisotopic (exact) mass is 386 g/mol. The first kappa shape index (κ1) is 17.2. The summed E-state index contributed by atoms with van der Waals surface area (Å²) >= 11 is 3.33. The van der Waals surface area contributed by atoms with Crippen LogP contribution in [0.4, 0.5) is 0 Å². The zero-order valence-corrected chi connectivity index (χ0v) is 15.4. The fourth-order valence-corrected chi connectivity index (χ4v) is 3.69. The van der Waals surface area contributed by atoms with Gasteiger partial charge in [-0.3, -0.25) is 9.69 Å². The maximum absolute atomic E-state index is 12.3. The van der Waals surface area contributed by atoms with E-state index in [1.54, 1.807) is 0 Å². The lowest BCUT2D eigenvalue weighted by Crippen LogP contribution is -2.56. The highest BCUT2D eigenvalue weighted by atomic mass is 79.9. The Bertz CT molecular complexity index is 647. The number of carbonyl (C=O) groups excluding carboxylic acids is 1. The molecule has 2 aromatic carbocycles. The first-order valence-electron chi connectivity index (χ1n) is 8.42. The number of alkyl halides is 1. The molecule has 0 bridgehead atoms. The Morgan fingerprint density at radius 3 is 2.21 bits per heavy atom. The largest absolute Gasteiger partial charge is 0.336 e. The minimum Gasteiger partial charge on any atom is -0.336 e. The van der Waals surface area contributed by atoms with E-state index in [2.05, 4.69) is 69.4 Å². The third kappa shape index (κ3) is 4.46. The summed E-state index contributed by atoms with van der Waals surface area (Å²) in [6.45, 7) is 3.60. The van der Waals surface area contributed by atoms with Crippen LogP contribution in [0.15, 0.2) is 60.7 Å². The maximum atomic E-state index is 12.3. The van der Waals surface area contributed by atoms with Gasteiger partial charge in [0.2, 0.25) is 5.91 Å². The van der Waals surface area contributed by atoms with Crippen molar-refractivity contribution in [1.82, 2.24) is 9.80 Å². The van der Waals surface area contributed by atoms with Gasteiger partial charge in [0.1, 0.15) is 0 Å². The lowest BCUT2D eigenvalue weighted by atomic mass is 10.0. The van der Waals surface area contributed by atoms with E-state index in [4.69, 9.17) is 0 Å². The lowest BCUT2D eigenvalue weighted by Gasteiger charge is -2.41. The molecule has 0 radical (unpaired) electrons. The minimum atomic E-state index is 0.190. The Balaban J connectivity index is 1.70. The molecule has 1 aliphatic rings. The molecule has 0 saturated carbocycles. The molecule has 1 atom stereocenters. The van der Waals surface area contributed by atoms with Crippen molar-refractivity contribution < 1.29 is 4.79 Å². The van der Waals surface area contributed by atoms with Crippen molar-refractivity contribution in [3.05, 3.63) is 71.8 Å². The quantitative estimate of drug-likeness (QED) is 0.735. The van der Waals surface area contributed by atoms with Crippen LogP contribution in [-0.4, -0.2) is 46.7 Å². The first-order chi connectivity index (χ1) is 11.8. The zero-order chi connectivity index (χ0) is 16.8. The predicted octanol–water partition coefficient (Wildman–Crippen LogP) is 3.34. The number of carbonyl (C=O) groups is 1. The third-order valence-corrected chi connectivity index (χ3v) is 5.04. The second-order valence-corrected chi connectivity index (χ2v) is 6.85. The lowest BCUT2D eigenvalue weighted by molar-refractivity contribution is -0.133. The van der Waals surface area contributed by atoms with Crippen molar-refractivity contribution in [2.24, 2.45) is 0 Å². The van der Waals surface area contributed by atoms with E-state index in [-0.39, 0.29) is 11.9 Å². The van der Waals surface area contributed by atoms with Crippen molar-refractivity contribution in [2.75, 3.05) is 25.0 Å². The smallest absolute Gasteiger partial charge is 0.233 e. The molecule has 1 saturated heterocycles. The summed E-state index contributed by atoms with van der Waals surface area (Å²) in [6.07, 6.45) is 0.908. The van der Waals surface area contributed by atoms with Crippen molar-refractivity contribution in [3.8, 4) is 0 Å². The Hall–Kier alpha value is -1.65. The molecule has 2 aromatic rings. The summed E-state index contributed by atoms with van der Waals surface area (Å²) in [6, 6.07) is 21.2. The Morgan fingerprint density at radius 2 is 1.58 bits per heavy atom. The topological polar surface area (TPSA) is 23.6 Å². The molecule has 126 valence electrons. The number of hydrogen-bond donors (Lipinski definition) is 0. The van der Waals surface area contributed by atoms with Gasteiger partial charge in [0, 0.05) is 32.2 Å². The van der Waals surface area contributed by atoms with Gasteiger partial charge in [-0.05, 0) is 17.5 Å². The number of nitrogens with zero attached hydrogens (tertiary/aromatic N) is 2. The van der Waals surface area contributed by atoms with Gasteiger partial charge in [0.25, 0.3) is 0 Å². The molecule has 0 spiro atoms. The van der Waals surface area contributed by atoms with E-state index in [0.29, 0.717) is 5.33 Å². The van der Waals surface area contributed by atoms with Gasteiger partial charge < -0.3 is 4.90 Å². The summed E-state index contributed by atoms with van der Waals surface area (Å²) in [4.78, 5) is 16.8. The molecular weight excluding hydrogens is 364 g/mol. The van der Waals surface area contributed by atoms with Crippen LogP contribution in [0.5, 0.6) is 0 Å². The standard InChI is InChI=1S/C20H23BrN2O/c21-14-20(24)23-12-11-22(15-18-9-5-2-6-10-18)16-19(23)13-17-7-3-1-4-8-17/h1-10,19H,11-16H2/t19-/m0/s1. The number of benzene rings is 2. The fourth-order valence-electron chi connectivity index (χ4n) is 3.37. The number of rotatable bonds is 5. The summed E-state index contributed by atoms with van der Waals surface area (Å²) in [5, 5.41) is 0.400. The van der Waals surface area contributed by atoms with Gasteiger partial charge in [-0.1, -0.05) is 76.6 Å². The summed E-state index contributed by atoms with van der Waals surface area (Å²) < 4.78 is 0. The molecule has 24 heavy (non-hydrogen) atoms. The second-order valence-electron chi connectivity index (χ2n) is 6.29. The molecule has 3 rings (SSSR count). The molecule has 1 amide bonds. The fraction of sp³-hybridized carbons (Fsp3) is 0.350. The van der Waals surface area contributed by atoms with E-state index in [9.17, 15) is 4.79 Å². The van der Waals surface area contributed by atoms with E-state index >= 15 is 0 Å². The normalized spacial score (nSPS) is 18.5. The number of amides is 1. The zero-order valence-electron chi connectivity index (χ0n) is 13.8. The Labute approximate surface area is 152 Å². The highest BCUT2D eigenvalue weighted by Crippen LogP contribution is 2.18. The van der Waals surface area contributed by atoms with Crippen molar-refractivity contribution in [1.29, 1.82) is 0 Å². The highest BCUT2D eigenvalue weighted by Gasteiger charge is 2.29. The van der Waals surface area contributed by atoms with Crippen molar-refractivity contribution in [3.63, 3.8) is 0 Å².